The number of H-pyrrole nitrogens is 2. The van der Waals surface area contributed by atoms with Gasteiger partial charge in [-0.1, -0.05) is 0 Å². The molecule has 2 heterocycles. The molecule has 0 saturated carbocycles. The van der Waals surface area contributed by atoms with Crippen LogP contribution in [0.4, 0.5) is 0 Å². The molecule has 2 N–H and O–H groups in total. The normalized spacial score (nSPS) is 10.9. The van der Waals surface area contributed by atoms with E-state index in [1.165, 1.54) is 7.11 Å². The maximum atomic E-state index is 11.6. The molecule has 2 aromatic rings. The molecule has 17 heavy (non-hydrogen) atoms. The molecular formula is C9H10N4O4. The molecule has 2 aromatic heterocycles. The first-order chi connectivity index (χ1) is 8.20. The molecule has 0 amide bonds. The molecule has 2 rings (SSSR count). The average molecular weight is 238 g/mol. The van der Waals surface area contributed by atoms with Crippen molar-refractivity contribution in [1.82, 2.24) is 19.9 Å². The molecule has 0 aliphatic heterocycles. The van der Waals surface area contributed by atoms with Crippen molar-refractivity contribution in [1.29, 1.82) is 0 Å². The third kappa shape index (κ3) is 2.55. The summed E-state index contributed by atoms with van der Waals surface area (Å²) in [5, 5.41) is 0. The van der Waals surface area contributed by atoms with E-state index in [1.807, 2.05) is 0 Å². The smallest absolute Gasteiger partial charge is 0.279 e. The molecule has 0 aliphatic rings. The minimum atomic E-state index is -0.428. The van der Waals surface area contributed by atoms with Crippen molar-refractivity contribution < 1.29 is 9.47 Å². The van der Waals surface area contributed by atoms with Crippen LogP contribution in [0.5, 0.6) is 0 Å². The lowest BCUT2D eigenvalue weighted by Gasteiger charge is -2.02. The number of hydrogen-bond acceptors (Lipinski definition) is 6. The van der Waals surface area contributed by atoms with Gasteiger partial charge in [0, 0.05) is 7.11 Å². The van der Waals surface area contributed by atoms with Gasteiger partial charge >= 0.3 is 0 Å². The van der Waals surface area contributed by atoms with Crippen molar-refractivity contribution >= 4 is 11.2 Å². The Morgan fingerprint density at radius 2 is 2.18 bits per heavy atom. The predicted octanol–water partition coefficient (Wildman–Crippen LogP) is -0.873. The van der Waals surface area contributed by atoms with Crippen LogP contribution in [-0.4, -0.2) is 33.8 Å². The third-order valence-electron chi connectivity index (χ3n) is 1.94. The van der Waals surface area contributed by atoms with Crippen molar-refractivity contribution in [2.24, 2.45) is 0 Å². The maximum absolute atomic E-state index is 11.6. The van der Waals surface area contributed by atoms with Crippen molar-refractivity contribution in [3.63, 3.8) is 0 Å². The summed E-state index contributed by atoms with van der Waals surface area (Å²) in [7, 11) is 1.48. The standard InChI is InChI=1S/C9H10N4O4/c1-16-4-17-3-5-11-8-7(9(15)12-5)10-2-6(14)13-8/h2H,3-4H2,1H3,(H2,11,12,13,14,15). The zero-order valence-electron chi connectivity index (χ0n) is 9.02. The zero-order chi connectivity index (χ0) is 12.3. The summed E-state index contributed by atoms with van der Waals surface area (Å²) in [6.07, 6.45) is 1.03. The van der Waals surface area contributed by atoms with Crippen LogP contribution >= 0.6 is 0 Å². The van der Waals surface area contributed by atoms with Gasteiger partial charge in [-0.2, -0.15) is 0 Å². The first-order valence-corrected chi connectivity index (χ1v) is 4.75. The van der Waals surface area contributed by atoms with E-state index in [0.717, 1.165) is 6.20 Å². The first kappa shape index (κ1) is 11.4. The topological polar surface area (TPSA) is 110 Å². The maximum Gasteiger partial charge on any atom is 0.279 e. The van der Waals surface area contributed by atoms with Gasteiger partial charge in [-0.15, -0.1) is 0 Å². The molecule has 0 bridgehead atoms. The van der Waals surface area contributed by atoms with Gasteiger partial charge in [0.1, 0.15) is 19.2 Å². The second-order valence-electron chi connectivity index (χ2n) is 3.21. The summed E-state index contributed by atoms with van der Waals surface area (Å²) in [5.41, 5.74) is -0.626. The van der Waals surface area contributed by atoms with Gasteiger partial charge in [0.25, 0.3) is 11.1 Å². The van der Waals surface area contributed by atoms with Crippen LogP contribution in [0.2, 0.25) is 0 Å². The molecule has 8 nitrogen and oxygen atoms in total. The van der Waals surface area contributed by atoms with Gasteiger partial charge < -0.3 is 19.4 Å². The highest BCUT2D eigenvalue weighted by Gasteiger charge is 2.05. The van der Waals surface area contributed by atoms with E-state index in [-0.39, 0.29) is 24.6 Å². The fourth-order valence-electron chi connectivity index (χ4n) is 1.28. The fourth-order valence-corrected chi connectivity index (χ4v) is 1.28. The first-order valence-electron chi connectivity index (χ1n) is 4.75. The van der Waals surface area contributed by atoms with Crippen molar-refractivity contribution in [3.8, 4) is 0 Å². The molecule has 0 spiro atoms. The second kappa shape index (κ2) is 4.85. The van der Waals surface area contributed by atoms with E-state index in [1.54, 1.807) is 0 Å². The highest BCUT2D eigenvalue weighted by molar-refractivity contribution is 5.67. The number of ether oxygens (including phenoxy) is 2. The van der Waals surface area contributed by atoms with E-state index >= 15 is 0 Å². The lowest BCUT2D eigenvalue weighted by Crippen LogP contribution is -2.18. The molecule has 90 valence electrons. The monoisotopic (exact) mass is 238 g/mol. The van der Waals surface area contributed by atoms with Crippen molar-refractivity contribution in [3.05, 3.63) is 32.7 Å². The summed E-state index contributed by atoms with van der Waals surface area (Å²) in [4.78, 5) is 35.3. The number of aromatic nitrogens is 4. The van der Waals surface area contributed by atoms with Crippen LogP contribution in [0.25, 0.3) is 11.2 Å². The fraction of sp³-hybridized carbons (Fsp3) is 0.333. The number of nitrogens with zero attached hydrogens (tertiary/aromatic N) is 2. The molecule has 0 fully saturated rings. The molecule has 0 aliphatic carbocycles. The largest absolute Gasteiger partial charge is 0.359 e. The van der Waals surface area contributed by atoms with Gasteiger partial charge in [0.15, 0.2) is 11.2 Å². The molecule has 0 saturated heterocycles. The van der Waals surface area contributed by atoms with Crippen LogP contribution in [0.3, 0.4) is 0 Å². The summed E-state index contributed by atoms with van der Waals surface area (Å²) in [6.45, 7) is 0.168. The van der Waals surface area contributed by atoms with E-state index in [2.05, 4.69) is 24.7 Å². The predicted molar refractivity (Wildman–Crippen MR) is 57.4 cm³/mol. The van der Waals surface area contributed by atoms with Crippen molar-refractivity contribution in [2.45, 2.75) is 6.61 Å². The summed E-state index contributed by atoms with van der Waals surface area (Å²) < 4.78 is 9.72. The zero-order valence-corrected chi connectivity index (χ0v) is 9.02. The molecule has 0 unspecified atom stereocenters. The van der Waals surface area contributed by atoms with Crippen LogP contribution in [0, 0.1) is 0 Å². The summed E-state index contributed by atoms with van der Waals surface area (Å²) in [6, 6.07) is 0. The second-order valence-corrected chi connectivity index (χ2v) is 3.21. The van der Waals surface area contributed by atoms with Crippen LogP contribution in [0.1, 0.15) is 5.82 Å². The van der Waals surface area contributed by atoms with Crippen LogP contribution in [-0.2, 0) is 16.1 Å². The Labute approximate surface area is 94.6 Å². The number of methoxy groups -OCH3 is 1. The minimum Gasteiger partial charge on any atom is -0.359 e. The molecule has 0 radical (unpaired) electrons. The Morgan fingerprint density at radius 3 is 2.94 bits per heavy atom. The summed E-state index contributed by atoms with van der Waals surface area (Å²) >= 11 is 0. The van der Waals surface area contributed by atoms with E-state index in [4.69, 9.17) is 4.74 Å². The van der Waals surface area contributed by atoms with Gasteiger partial charge in [0.05, 0.1) is 6.20 Å². The highest BCUT2D eigenvalue weighted by Crippen LogP contribution is 1.98. The van der Waals surface area contributed by atoms with Gasteiger partial charge in [-0.05, 0) is 0 Å². The highest BCUT2D eigenvalue weighted by atomic mass is 16.7. The molecular weight excluding hydrogens is 228 g/mol. The third-order valence-corrected chi connectivity index (χ3v) is 1.94. The van der Waals surface area contributed by atoms with Gasteiger partial charge in [0.2, 0.25) is 0 Å². The Kier molecular flexibility index (Phi) is 3.26. The van der Waals surface area contributed by atoms with Gasteiger partial charge in [-0.25, -0.2) is 9.97 Å². The SMILES string of the molecule is COCOCc1nc2[nH]c(=O)cnc2c(=O)[nH]1. The molecule has 0 aromatic carbocycles. The average Bonchev–Trinajstić information content (AvgIpc) is 2.28. The Balaban J connectivity index is 2.40. The van der Waals surface area contributed by atoms with E-state index < -0.39 is 11.1 Å². The summed E-state index contributed by atoms with van der Waals surface area (Å²) in [5.74, 6) is 0.295. The van der Waals surface area contributed by atoms with E-state index in [9.17, 15) is 9.59 Å². The molecule has 0 atom stereocenters. The minimum absolute atomic E-state index is 0.0793. The number of aromatic amines is 2. The Bertz CT molecular complexity index is 633. The molecule has 8 heteroatoms. The van der Waals surface area contributed by atoms with Crippen LogP contribution < -0.4 is 11.1 Å². The quantitative estimate of drug-likeness (QED) is 0.529. The number of fused-ring (bicyclic) bond motifs is 1. The number of nitrogens with one attached hydrogen (secondary N) is 2. The Morgan fingerprint density at radius 1 is 1.35 bits per heavy atom. The van der Waals surface area contributed by atoms with Gasteiger partial charge in [-0.3, -0.25) is 9.59 Å². The Hall–Kier alpha value is -2.06. The number of rotatable bonds is 4. The lowest BCUT2D eigenvalue weighted by molar-refractivity contribution is -0.0412. The van der Waals surface area contributed by atoms with Crippen molar-refractivity contribution in [2.75, 3.05) is 13.9 Å². The van der Waals surface area contributed by atoms with Crippen LogP contribution in [0.15, 0.2) is 15.8 Å². The number of hydrogen-bond donors (Lipinski definition) is 2. The lowest BCUT2D eigenvalue weighted by atomic mass is 10.5. The van der Waals surface area contributed by atoms with E-state index in [0.29, 0.717) is 5.82 Å².